The van der Waals surface area contributed by atoms with Crippen LogP contribution in [0.15, 0.2) is 37.1 Å². The van der Waals surface area contributed by atoms with Crippen molar-refractivity contribution in [2.24, 2.45) is 5.73 Å². The molecule has 0 aromatic rings. The van der Waals surface area contributed by atoms with Crippen LogP contribution in [0.4, 0.5) is 0 Å². The van der Waals surface area contributed by atoms with E-state index in [4.69, 9.17) is 5.73 Å². The monoisotopic (exact) mass is 140 g/mol. The van der Waals surface area contributed by atoms with E-state index in [0.717, 1.165) is 0 Å². The van der Waals surface area contributed by atoms with Crippen LogP contribution in [0.2, 0.25) is 0 Å². The molecule has 0 amide bonds. The van der Waals surface area contributed by atoms with Gasteiger partial charge in [0.05, 0.1) is 0 Å². The van der Waals surface area contributed by atoms with Gasteiger partial charge in [0.1, 0.15) is 0 Å². The second-order valence-corrected chi connectivity index (χ2v) is 1.61. The number of hydrogen-bond acceptors (Lipinski definition) is 2. The minimum absolute atomic E-state index is 0.648. The van der Waals surface area contributed by atoms with E-state index in [-0.39, 0.29) is 0 Å². The van der Waals surface area contributed by atoms with Gasteiger partial charge in [-0.3, -0.25) is 0 Å². The molecule has 2 heteroatoms. The normalized spacial score (nSPS) is 9.20. The highest BCUT2D eigenvalue weighted by Crippen LogP contribution is 1.81. The Bertz CT molecular complexity index is 114. The van der Waals surface area contributed by atoms with Crippen LogP contribution in [0.25, 0.3) is 0 Å². The summed E-state index contributed by atoms with van der Waals surface area (Å²) in [5, 5.41) is 2.75. The summed E-state index contributed by atoms with van der Waals surface area (Å²) in [7, 11) is 3.75. The third-order valence-electron chi connectivity index (χ3n) is 0.546. The molecular formula is C8H16N2. The van der Waals surface area contributed by atoms with E-state index in [1.165, 1.54) is 0 Å². The second kappa shape index (κ2) is 10.9. The van der Waals surface area contributed by atoms with Gasteiger partial charge in [0, 0.05) is 5.70 Å². The molecule has 0 aromatic heterocycles. The second-order valence-electron chi connectivity index (χ2n) is 1.61. The van der Waals surface area contributed by atoms with Crippen molar-refractivity contribution in [2.45, 2.75) is 0 Å². The molecule has 0 aliphatic carbocycles. The molecule has 0 radical (unpaired) electrons. The summed E-state index contributed by atoms with van der Waals surface area (Å²) in [5.74, 6) is 0. The van der Waals surface area contributed by atoms with E-state index >= 15 is 0 Å². The molecule has 0 fully saturated rings. The molecule has 0 aliphatic heterocycles. The van der Waals surface area contributed by atoms with Gasteiger partial charge >= 0.3 is 0 Å². The van der Waals surface area contributed by atoms with Gasteiger partial charge in [0.25, 0.3) is 0 Å². The lowest BCUT2D eigenvalue weighted by atomic mass is 10.4. The highest BCUT2D eigenvalue weighted by atomic mass is 14.7. The van der Waals surface area contributed by atoms with Gasteiger partial charge in [-0.05, 0) is 26.2 Å². The first kappa shape index (κ1) is 11.7. The van der Waals surface area contributed by atoms with Gasteiger partial charge in [0.2, 0.25) is 0 Å². The van der Waals surface area contributed by atoms with Crippen molar-refractivity contribution in [1.29, 1.82) is 0 Å². The third-order valence-corrected chi connectivity index (χ3v) is 0.546. The average Bonchev–Trinajstić information content (AvgIpc) is 1.90. The van der Waals surface area contributed by atoms with Crippen molar-refractivity contribution in [2.75, 3.05) is 14.1 Å². The fourth-order valence-electron chi connectivity index (χ4n) is 0.204. The molecule has 0 spiro atoms. The van der Waals surface area contributed by atoms with Gasteiger partial charge in [-0.25, -0.2) is 0 Å². The molecule has 0 saturated heterocycles. The number of allylic oxidation sites excluding steroid dienone is 3. The van der Waals surface area contributed by atoms with Gasteiger partial charge in [-0.1, -0.05) is 19.2 Å². The van der Waals surface area contributed by atoms with Crippen LogP contribution in [-0.4, -0.2) is 14.1 Å². The third kappa shape index (κ3) is 15.8. The number of rotatable bonds is 2. The summed E-state index contributed by atoms with van der Waals surface area (Å²) in [4.78, 5) is 0. The van der Waals surface area contributed by atoms with E-state index in [1.807, 2.05) is 14.1 Å². The van der Waals surface area contributed by atoms with E-state index in [1.54, 1.807) is 18.2 Å². The smallest absolute Gasteiger partial charge is 0.0307 e. The molecule has 2 nitrogen and oxygen atoms in total. The Morgan fingerprint density at radius 2 is 1.80 bits per heavy atom. The van der Waals surface area contributed by atoms with Crippen LogP contribution in [0, 0.1) is 0 Å². The summed E-state index contributed by atoms with van der Waals surface area (Å²) in [5.41, 5.74) is 5.90. The van der Waals surface area contributed by atoms with Crippen LogP contribution in [0.5, 0.6) is 0 Å². The molecular weight excluding hydrogens is 124 g/mol. The number of nitrogens with two attached hydrogens (primary N) is 1. The summed E-state index contributed by atoms with van der Waals surface area (Å²) in [6, 6.07) is 0. The molecule has 58 valence electrons. The maximum absolute atomic E-state index is 5.26. The Labute approximate surface area is 63.1 Å². The highest BCUT2D eigenvalue weighted by Gasteiger charge is 1.69. The summed E-state index contributed by atoms with van der Waals surface area (Å²) in [6.07, 6.45) is 4.88. The Morgan fingerprint density at radius 3 is 1.90 bits per heavy atom. The molecule has 0 rings (SSSR count). The van der Waals surface area contributed by atoms with Gasteiger partial charge in [0.15, 0.2) is 0 Å². The quantitative estimate of drug-likeness (QED) is 0.562. The lowest BCUT2D eigenvalue weighted by Crippen LogP contribution is -1.89. The first-order valence-corrected chi connectivity index (χ1v) is 3.02. The zero-order valence-corrected chi connectivity index (χ0v) is 6.72. The van der Waals surface area contributed by atoms with Gasteiger partial charge < -0.3 is 11.1 Å². The molecule has 0 unspecified atom stereocenters. The Hall–Kier alpha value is -1.02. The Morgan fingerprint density at radius 1 is 1.40 bits per heavy atom. The van der Waals surface area contributed by atoms with Crippen molar-refractivity contribution in [3.63, 3.8) is 0 Å². The van der Waals surface area contributed by atoms with Crippen molar-refractivity contribution in [1.82, 2.24) is 5.32 Å². The van der Waals surface area contributed by atoms with Crippen molar-refractivity contribution < 1.29 is 0 Å². The Balaban J connectivity index is 0. The Kier molecular flexibility index (Phi) is 12.8. The van der Waals surface area contributed by atoms with Crippen LogP contribution in [-0.2, 0) is 0 Å². The fourth-order valence-corrected chi connectivity index (χ4v) is 0.204. The standard InChI is InChI=1S/C6H9N.C2H7N/c1-3-5-6(7)4-2;1-3-2/h3-5H,1-2,7H2;3H,1-2H3/b6-5+;. The zero-order chi connectivity index (χ0) is 8.41. The lowest BCUT2D eigenvalue weighted by molar-refractivity contribution is 1.02. The summed E-state index contributed by atoms with van der Waals surface area (Å²) < 4.78 is 0. The van der Waals surface area contributed by atoms with Crippen molar-refractivity contribution in [3.05, 3.63) is 37.1 Å². The predicted molar refractivity (Wildman–Crippen MR) is 47.6 cm³/mol. The molecule has 0 atom stereocenters. The van der Waals surface area contributed by atoms with Gasteiger partial charge in [-0.15, -0.1) is 0 Å². The molecule has 0 saturated carbocycles. The molecule has 3 N–H and O–H groups in total. The summed E-state index contributed by atoms with van der Waals surface area (Å²) in [6.45, 7) is 6.88. The molecule has 0 heterocycles. The first-order chi connectivity index (χ1) is 4.72. The van der Waals surface area contributed by atoms with Crippen LogP contribution in [0.1, 0.15) is 0 Å². The van der Waals surface area contributed by atoms with Crippen molar-refractivity contribution in [3.8, 4) is 0 Å². The maximum atomic E-state index is 5.26. The summed E-state index contributed by atoms with van der Waals surface area (Å²) >= 11 is 0. The van der Waals surface area contributed by atoms with E-state index < -0.39 is 0 Å². The molecule has 10 heavy (non-hydrogen) atoms. The van der Waals surface area contributed by atoms with E-state index in [2.05, 4.69) is 18.5 Å². The largest absolute Gasteiger partial charge is 0.399 e. The predicted octanol–water partition coefficient (Wildman–Crippen LogP) is 1.04. The topological polar surface area (TPSA) is 38.0 Å². The SMILES string of the molecule is C=C/C=C(/N)C=C.CNC. The van der Waals surface area contributed by atoms with E-state index in [0.29, 0.717) is 5.70 Å². The zero-order valence-electron chi connectivity index (χ0n) is 6.72. The first-order valence-electron chi connectivity index (χ1n) is 3.02. The minimum Gasteiger partial charge on any atom is -0.399 e. The fraction of sp³-hybridized carbons (Fsp3) is 0.250. The van der Waals surface area contributed by atoms with Crippen LogP contribution < -0.4 is 11.1 Å². The number of hydrogen-bond donors (Lipinski definition) is 2. The minimum atomic E-state index is 0.648. The highest BCUT2D eigenvalue weighted by molar-refractivity contribution is 5.16. The van der Waals surface area contributed by atoms with Gasteiger partial charge in [-0.2, -0.15) is 0 Å². The van der Waals surface area contributed by atoms with Crippen molar-refractivity contribution >= 4 is 0 Å². The van der Waals surface area contributed by atoms with Crippen LogP contribution >= 0.6 is 0 Å². The molecule has 0 aliphatic rings. The van der Waals surface area contributed by atoms with Crippen LogP contribution in [0.3, 0.4) is 0 Å². The maximum Gasteiger partial charge on any atom is 0.0307 e. The van der Waals surface area contributed by atoms with E-state index in [9.17, 15) is 0 Å². The average molecular weight is 140 g/mol. The molecule has 0 bridgehead atoms. The molecule has 0 aromatic carbocycles. The lowest BCUT2D eigenvalue weighted by Gasteiger charge is -1.81. The number of nitrogens with one attached hydrogen (secondary N) is 1.